The summed E-state index contributed by atoms with van der Waals surface area (Å²) in [6.45, 7) is 8.02. The lowest BCUT2D eigenvalue weighted by Crippen LogP contribution is -2.65. The fourth-order valence-electron chi connectivity index (χ4n) is 7.51. The summed E-state index contributed by atoms with van der Waals surface area (Å²) in [6, 6.07) is 3.83. The number of nitrogens with one attached hydrogen (secondary N) is 2. The molecule has 3 fully saturated rings. The monoisotopic (exact) mass is 865 g/mol. The average molecular weight is 866 g/mol. The molecule has 0 spiro atoms. The van der Waals surface area contributed by atoms with Crippen molar-refractivity contribution in [2.75, 3.05) is 46.1 Å². The van der Waals surface area contributed by atoms with Crippen LogP contribution in [-0.2, 0) is 48.7 Å². The van der Waals surface area contributed by atoms with Gasteiger partial charge in [-0.25, -0.2) is 0 Å². The third-order valence-electron chi connectivity index (χ3n) is 11.2. The van der Waals surface area contributed by atoms with Crippen molar-refractivity contribution in [2.45, 2.75) is 146 Å². The highest BCUT2D eigenvalue weighted by molar-refractivity contribution is 8.13. The van der Waals surface area contributed by atoms with Crippen LogP contribution in [0.1, 0.15) is 84.6 Å². The van der Waals surface area contributed by atoms with Crippen molar-refractivity contribution in [3.63, 3.8) is 0 Å². The highest BCUT2D eigenvalue weighted by atomic mass is 32.2. The lowest BCUT2D eigenvalue weighted by molar-refractivity contribution is -0.277. The van der Waals surface area contributed by atoms with Crippen LogP contribution in [0.5, 0.6) is 0 Å². The fourth-order valence-corrected chi connectivity index (χ4v) is 8.45. The molecule has 7 N–H and O–H groups in total. The second-order valence-corrected chi connectivity index (χ2v) is 16.9. The SMILES string of the molecule is CCCCOC[C@H](NC(=O)[C@@H](NC(=O)C1CCCN1C(=O)[C@@H](C)COCCCC)C(C)O[C@@H]1OC(CO)[C@@H](O)C(O)C1N)C(=O)N1CCCC1C(=O)SCc1ccccc1. The van der Waals surface area contributed by atoms with Crippen LogP contribution in [0.3, 0.4) is 0 Å². The lowest BCUT2D eigenvalue weighted by Gasteiger charge is -2.42. The minimum atomic E-state index is -1.55. The quantitative estimate of drug-likeness (QED) is 0.0837. The summed E-state index contributed by atoms with van der Waals surface area (Å²) in [4.78, 5) is 73.0. The van der Waals surface area contributed by atoms with Gasteiger partial charge in [-0.2, -0.15) is 0 Å². The number of rotatable bonds is 23. The molecular weight excluding hydrogens is 799 g/mol. The number of ether oxygens (including phenoxy) is 4. The van der Waals surface area contributed by atoms with Gasteiger partial charge in [-0.15, -0.1) is 0 Å². The topological polar surface area (TPSA) is 240 Å². The van der Waals surface area contributed by atoms with Crippen molar-refractivity contribution in [2.24, 2.45) is 11.7 Å². The van der Waals surface area contributed by atoms with E-state index in [0.717, 1.165) is 36.6 Å². The predicted molar refractivity (Wildman–Crippen MR) is 223 cm³/mol. The van der Waals surface area contributed by atoms with Gasteiger partial charge in [-0.05, 0) is 51.0 Å². The summed E-state index contributed by atoms with van der Waals surface area (Å²) in [5, 5.41) is 36.1. The summed E-state index contributed by atoms with van der Waals surface area (Å²) >= 11 is 1.13. The first-order valence-electron chi connectivity index (χ1n) is 21.4. The Morgan fingerprint density at radius 1 is 0.883 bits per heavy atom. The number of amides is 4. The predicted octanol–water partition coefficient (Wildman–Crippen LogP) is 0.839. The lowest BCUT2D eigenvalue weighted by atomic mass is 9.97. The van der Waals surface area contributed by atoms with Gasteiger partial charge in [0.1, 0.15) is 42.5 Å². The molecule has 0 aliphatic carbocycles. The maximum absolute atomic E-state index is 14.5. The Balaban J connectivity index is 1.56. The van der Waals surface area contributed by atoms with Gasteiger partial charge in [-0.3, -0.25) is 24.0 Å². The van der Waals surface area contributed by atoms with E-state index in [9.17, 15) is 39.3 Å². The number of hydrogen-bond acceptors (Lipinski definition) is 14. The van der Waals surface area contributed by atoms with Crippen LogP contribution in [0, 0.1) is 5.92 Å². The van der Waals surface area contributed by atoms with Crippen LogP contribution in [0.15, 0.2) is 30.3 Å². The van der Waals surface area contributed by atoms with E-state index in [1.165, 1.54) is 16.7 Å². The molecule has 338 valence electrons. The molecule has 11 atom stereocenters. The highest BCUT2D eigenvalue weighted by Gasteiger charge is 2.46. The van der Waals surface area contributed by atoms with E-state index in [-0.39, 0.29) is 24.2 Å². The Morgan fingerprint density at radius 3 is 2.13 bits per heavy atom. The van der Waals surface area contributed by atoms with Crippen molar-refractivity contribution in [1.82, 2.24) is 20.4 Å². The summed E-state index contributed by atoms with van der Waals surface area (Å²) in [5.41, 5.74) is 7.14. The zero-order chi connectivity index (χ0) is 43.8. The second kappa shape index (κ2) is 25.0. The van der Waals surface area contributed by atoms with E-state index in [1.54, 1.807) is 6.92 Å². The number of benzene rings is 1. The van der Waals surface area contributed by atoms with Gasteiger partial charge < -0.3 is 60.4 Å². The molecule has 18 heteroatoms. The van der Waals surface area contributed by atoms with Crippen LogP contribution in [-0.4, -0.2) is 161 Å². The van der Waals surface area contributed by atoms with E-state index in [2.05, 4.69) is 10.6 Å². The molecule has 3 aliphatic rings. The molecule has 60 heavy (non-hydrogen) atoms. The largest absolute Gasteiger partial charge is 0.394 e. The Kier molecular flexibility index (Phi) is 20.6. The molecule has 6 unspecified atom stereocenters. The van der Waals surface area contributed by atoms with E-state index in [1.807, 2.05) is 44.2 Å². The Morgan fingerprint density at radius 2 is 1.50 bits per heavy atom. The molecule has 0 radical (unpaired) electrons. The van der Waals surface area contributed by atoms with Gasteiger partial charge >= 0.3 is 0 Å². The molecule has 3 heterocycles. The number of nitrogens with two attached hydrogens (primary N) is 1. The molecule has 0 saturated carbocycles. The van der Waals surface area contributed by atoms with Crippen LogP contribution in [0.4, 0.5) is 0 Å². The number of carbonyl (C=O) groups is 5. The van der Waals surface area contributed by atoms with Crippen LogP contribution in [0.2, 0.25) is 0 Å². The van der Waals surface area contributed by atoms with E-state index in [0.29, 0.717) is 64.2 Å². The summed E-state index contributed by atoms with van der Waals surface area (Å²) < 4.78 is 23.3. The average Bonchev–Trinajstić information content (AvgIpc) is 3.96. The third kappa shape index (κ3) is 13.6. The maximum atomic E-state index is 14.5. The van der Waals surface area contributed by atoms with Crippen LogP contribution in [0.25, 0.3) is 0 Å². The summed E-state index contributed by atoms with van der Waals surface area (Å²) in [5.74, 6) is -2.30. The molecule has 4 rings (SSSR count). The molecule has 17 nitrogen and oxygen atoms in total. The first kappa shape index (κ1) is 49.5. The Bertz CT molecular complexity index is 1530. The molecule has 4 amide bonds. The minimum absolute atomic E-state index is 0.163. The van der Waals surface area contributed by atoms with E-state index >= 15 is 0 Å². The molecule has 1 aromatic carbocycles. The molecule has 0 aromatic heterocycles. The third-order valence-corrected chi connectivity index (χ3v) is 12.2. The second-order valence-electron chi connectivity index (χ2n) is 15.9. The smallest absolute Gasteiger partial charge is 0.248 e. The number of thioether (sulfide) groups is 1. The fraction of sp³-hybridized carbons (Fsp3) is 0.738. The van der Waals surface area contributed by atoms with Crippen molar-refractivity contribution in [3.05, 3.63) is 35.9 Å². The van der Waals surface area contributed by atoms with Crippen LogP contribution >= 0.6 is 11.8 Å². The van der Waals surface area contributed by atoms with E-state index in [4.69, 9.17) is 24.7 Å². The minimum Gasteiger partial charge on any atom is -0.394 e. The number of hydrogen-bond donors (Lipinski definition) is 6. The Labute approximate surface area is 357 Å². The molecule has 0 bridgehead atoms. The standard InChI is InChI=1S/C42H67N5O12S/c1-5-7-20-56-23-26(3)39(53)46-18-12-16-30(46)37(51)45-34(27(4)58-42-33(43)36(50)35(49)32(22-48)59-42)38(52)44-29(24-57-21-8-6-2)40(54)47-19-13-17-31(47)41(55)60-25-28-14-10-9-11-15-28/h9-11,14-15,26-27,29-36,42,48-50H,5-8,12-13,16-25,43H2,1-4H3,(H,44,52)(H,45,51)/t26-,27?,29-,30?,31?,32?,33?,34-,35+,36?,42+/m0/s1. The molecule has 3 aliphatic heterocycles. The number of nitrogens with zero attached hydrogens (tertiary/aromatic N) is 2. The number of aliphatic hydroxyl groups excluding tert-OH is 3. The summed E-state index contributed by atoms with van der Waals surface area (Å²) in [7, 11) is 0. The molecule has 3 saturated heterocycles. The van der Waals surface area contributed by atoms with Crippen molar-refractivity contribution in [3.8, 4) is 0 Å². The number of aliphatic hydroxyl groups is 3. The maximum Gasteiger partial charge on any atom is 0.248 e. The normalized spacial score (nSPS) is 26.3. The van der Waals surface area contributed by atoms with Gasteiger partial charge in [0.2, 0.25) is 28.7 Å². The van der Waals surface area contributed by atoms with Crippen molar-refractivity contribution in [1.29, 1.82) is 0 Å². The zero-order valence-electron chi connectivity index (χ0n) is 35.4. The first-order chi connectivity index (χ1) is 28.8. The van der Waals surface area contributed by atoms with E-state index < -0.39 is 91.2 Å². The number of likely N-dealkylation sites (tertiary alicyclic amines) is 2. The number of carbonyl (C=O) groups excluding carboxylic acids is 5. The van der Waals surface area contributed by atoms with Gasteiger partial charge in [-0.1, -0.05) is 75.7 Å². The van der Waals surface area contributed by atoms with Gasteiger partial charge in [0.15, 0.2) is 6.29 Å². The first-order valence-corrected chi connectivity index (χ1v) is 22.4. The van der Waals surface area contributed by atoms with Gasteiger partial charge in [0.25, 0.3) is 0 Å². The van der Waals surface area contributed by atoms with Gasteiger partial charge in [0, 0.05) is 32.1 Å². The number of unbranched alkanes of at least 4 members (excludes halogenated alkanes) is 2. The zero-order valence-corrected chi connectivity index (χ0v) is 36.3. The van der Waals surface area contributed by atoms with Crippen molar-refractivity contribution < 1.29 is 58.2 Å². The van der Waals surface area contributed by atoms with Crippen LogP contribution < -0.4 is 16.4 Å². The molecule has 1 aromatic rings. The van der Waals surface area contributed by atoms with Gasteiger partial charge in [0.05, 0.1) is 37.9 Å². The summed E-state index contributed by atoms with van der Waals surface area (Å²) in [6.07, 6.45) is -1.71. The molecular formula is C42H67N5O12S. The Hall–Kier alpha value is -3.20. The highest BCUT2D eigenvalue weighted by Crippen LogP contribution is 2.27. The van der Waals surface area contributed by atoms with Crippen molar-refractivity contribution >= 4 is 40.5 Å².